The number of rotatable bonds is 2. The fraction of sp³-hybridized carbons (Fsp3) is 0.625. The van der Waals surface area contributed by atoms with Gasteiger partial charge in [0.2, 0.25) is 0 Å². The van der Waals surface area contributed by atoms with E-state index in [4.69, 9.17) is 14.0 Å². The SMILES string of the molecule is CC1(C)OB(c2ccc(N3CCOCC3)cc2F)OC1(C)C. The average Bonchev–Trinajstić information content (AvgIpc) is 2.68. The summed E-state index contributed by atoms with van der Waals surface area (Å²) < 4.78 is 31.7. The van der Waals surface area contributed by atoms with E-state index in [1.165, 1.54) is 0 Å². The van der Waals surface area contributed by atoms with Gasteiger partial charge in [0.1, 0.15) is 5.82 Å². The summed E-state index contributed by atoms with van der Waals surface area (Å²) in [6, 6.07) is 5.25. The molecule has 1 aromatic carbocycles. The number of hydrogen-bond donors (Lipinski definition) is 0. The molecule has 2 fully saturated rings. The van der Waals surface area contributed by atoms with E-state index < -0.39 is 18.3 Å². The predicted molar refractivity (Wildman–Crippen MR) is 85.1 cm³/mol. The van der Waals surface area contributed by atoms with Gasteiger partial charge in [-0.2, -0.15) is 0 Å². The molecule has 6 heteroatoms. The van der Waals surface area contributed by atoms with Crippen LogP contribution in [0, 0.1) is 5.82 Å². The maximum atomic E-state index is 14.5. The van der Waals surface area contributed by atoms with E-state index in [0.29, 0.717) is 18.7 Å². The number of ether oxygens (including phenoxy) is 1. The number of anilines is 1. The highest BCUT2D eigenvalue weighted by atomic mass is 19.1. The Morgan fingerprint density at radius 3 is 2.18 bits per heavy atom. The maximum absolute atomic E-state index is 14.5. The van der Waals surface area contributed by atoms with Gasteiger partial charge < -0.3 is 18.9 Å². The molecule has 3 rings (SSSR count). The van der Waals surface area contributed by atoms with Gasteiger partial charge in [-0.05, 0) is 39.8 Å². The minimum atomic E-state index is -0.663. The third kappa shape index (κ3) is 2.75. The molecule has 4 nitrogen and oxygen atoms in total. The summed E-state index contributed by atoms with van der Waals surface area (Å²) >= 11 is 0. The van der Waals surface area contributed by atoms with Crippen molar-refractivity contribution < 1.29 is 18.4 Å². The highest BCUT2D eigenvalue weighted by molar-refractivity contribution is 6.62. The Balaban J connectivity index is 1.81. The highest BCUT2D eigenvalue weighted by Gasteiger charge is 2.52. The normalized spacial score (nSPS) is 23.9. The average molecular weight is 307 g/mol. The molecule has 0 N–H and O–H groups in total. The van der Waals surface area contributed by atoms with Gasteiger partial charge in [-0.15, -0.1) is 0 Å². The number of benzene rings is 1. The second-order valence-corrected chi connectivity index (χ2v) is 6.89. The summed E-state index contributed by atoms with van der Waals surface area (Å²) in [4.78, 5) is 2.13. The molecule has 1 aromatic rings. The molecule has 2 saturated heterocycles. The molecule has 0 spiro atoms. The van der Waals surface area contributed by atoms with Crippen molar-refractivity contribution in [3.63, 3.8) is 0 Å². The van der Waals surface area contributed by atoms with Gasteiger partial charge in [-0.3, -0.25) is 0 Å². The molecule has 0 radical (unpaired) electrons. The summed E-state index contributed by atoms with van der Waals surface area (Å²) in [7, 11) is -0.663. The molecule has 0 amide bonds. The lowest BCUT2D eigenvalue weighted by atomic mass is 9.78. The zero-order valence-corrected chi connectivity index (χ0v) is 13.7. The Bertz CT molecular complexity index is 542. The highest BCUT2D eigenvalue weighted by Crippen LogP contribution is 2.36. The first kappa shape index (κ1) is 15.8. The van der Waals surface area contributed by atoms with E-state index in [1.54, 1.807) is 12.1 Å². The lowest BCUT2D eigenvalue weighted by molar-refractivity contribution is 0.00578. The van der Waals surface area contributed by atoms with Gasteiger partial charge in [0, 0.05) is 24.2 Å². The van der Waals surface area contributed by atoms with Crippen LogP contribution in [0.1, 0.15) is 27.7 Å². The van der Waals surface area contributed by atoms with Crippen molar-refractivity contribution in [1.82, 2.24) is 0 Å². The van der Waals surface area contributed by atoms with Crippen LogP contribution in [0.15, 0.2) is 18.2 Å². The monoisotopic (exact) mass is 307 g/mol. The lowest BCUT2D eigenvalue weighted by Crippen LogP contribution is -2.41. The molecule has 0 saturated carbocycles. The fourth-order valence-electron chi connectivity index (χ4n) is 2.70. The van der Waals surface area contributed by atoms with Gasteiger partial charge in [0.05, 0.1) is 24.4 Å². The zero-order valence-electron chi connectivity index (χ0n) is 13.7. The second kappa shape index (κ2) is 5.51. The van der Waals surface area contributed by atoms with Gasteiger partial charge >= 0.3 is 7.12 Å². The Labute approximate surface area is 131 Å². The van der Waals surface area contributed by atoms with Crippen molar-refractivity contribution in [2.24, 2.45) is 0 Å². The van der Waals surface area contributed by atoms with Crippen molar-refractivity contribution in [2.75, 3.05) is 31.2 Å². The third-order valence-corrected chi connectivity index (χ3v) is 4.87. The maximum Gasteiger partial charge on any atom is 0.497 e. The molecule has 0 unspecified atom stereocenters. The van der Waals surface area contributed by atoms with Crippen molar-refractivity contribution in [1.29, 1.82) is 0 Å². The smallest absolute Gasteiger partial charge is 0.399 e. The molecule has 0 atom stereocenters. The van der Waals surface area contributed by atoms with Gasteiger partial charge in [0.15, 0.2) is 0 Å². The standard InChI is InChI=1S/C16H23BFNO3/c1-15(2)16(3,4)22-17(21-15)13-6-5-12(11-14(13)18)19-7-9-20-10-8-19/h5-6,11H,7-10H2,1-4H3. The fourth-order valence-corrected chi connectivity index (χ4v) is 2.70. The van der Waals surface area contributed by atoms with Crippen LogP contribution in [0.5, 0.6) is 0 Å². The molecule has 2 aliphatic rings. The molecule has 120 valence electrons. The van der Waals surface area contributed by atoms with Gasteiger partial charge in [-0.25, -0.2) is 4.39 Å². The molecule has 2 aliphatic heterocycles. The van der Waals surface area contributed by atoms with E-state index in [2.05, 4.69) is 4.90 Å². The van der Waals surface area contributed by atoms with Crippen molar-refractivity contribution >= 4 is 18.3 Å². The number of nitrogens with zero attached hydrogens (tertiary/aromatic N) is 1. The molecule has 0 bridgehead atoms. The summed E-state index contributed by atoms with van der Waals surface area (Å²) in [5.41, 5.74) is 0.400. The van der Waals surface area contributed by atoms with Crippen LogP contribution >= 0.6 is 0 Å². The molecule has 22 heavy (non-hydrogen) atoms. The largest absolute Gasteiger partial charge is 0.497 e. The topological polar surface area (TPSA) is 30.9 Å². The van der Waals surface area contributed by atoms with Crippen LogP contribution in [0.2, 0.25) is 0 Å². The quantitative estimate of drug-likeness (QED) is 0.782. The lowest BCUT2D eigenvalue weighted by Gasteiger charge is -2.32. The molecular weight excluding hydrogens is 284 g/mol. The van der Waals surface area contributed by atoms with Gasteiger partial charge in [-0.1, -0.05) is 6.07 Å². The van der Waals surface area contributed by atoms with Crippen molar-refractivity contribution in [3.8, 4) is 0 Å². The van der Waals surface area contributed by atoms with E-state index in [9.17, 15) is 4.39 Å². The Hall–Kier alpha value is -1.11. The zero-order chi connectivity index (χ0) is 16.0. The van der Waals surface area contributed by atoms with Crippen LogP contribution in [-0.4, -0.2) is 44.6 Å². The van der Waals surface area contributed by atoms with Crippen LogP contribution in [0.3, 0.4) is 0 Å². The van der Waals surface area contributed by atoms with Crippen LogP contribution in [0.4, 0.5) is 10.1 Å². The van der Waals surface area contributed by atoms with Crippen LogP contribution in [-0.2, 0) is 14.0 Å². The Morgan fingerprint density at radius 1 is 1.05 bits per heavy atom. The second-order valence-electron chi connectivity index (χ2n) is 6.89. The number of halogens is 1. The van der Waals surface area contributed by atoms with Crippen molar-refractivity contribution in [2.45, 2.75) is 38.9 Å². The third-order valence-electron chi connectivity index (χ3n) is 4.87. The molecule has 0 aliphatic carbocycles. The van der Waals surface area contributed by atoms with E-state index in [-0.39, 0.29) is 5.82 Å². The minimum Gasteiger partial charge on any atom is -0.399 e. The summed E-state index contributed by atoms with van der Waals surface area (Å²) in [5, 5.41) is 0. The number of morpholine rings is 1. The van der Waals surface area contributed by atoms with Gasteiger partial charge in [0.25, 0.3) is 0 Å². The first-order valence-electron chi connectivity index (χ1n) is 7.78. The molecular formula is C16H23BFNO3. The van der Waals surface area contributed by atoms with E-state index >= 15 is 0 Å². The summed E-state index contributed by atoms with van der Waals surface area (Å²) in [5.74, 6) is -0.289. The van der Waals surface area contributed by atoms with E-state index in [1.807, 2.05) is 33.8 Å². The Morgan fingerprint density at radius 2 is 1.64 bits per heavy atom. The Kier molecular flexibility index (Phi) is 3.95. The minimum absolute atomic E-state index is 0.289. The molecule has 2 heterocycles. The first-order valence-corrected chi connectivity index (χ1v) is 7.78. The van der Waals surface area contributed by atoms with E-state index in [0.717, 1.165) is 18.8 Å². The first-order chi connectivity index (χ1) is 10.3. The summed E-state index contributed by atoms with van der Waals surface area (Å²) in [6.07, 6.45) is 0. The number of hydrogen-bond acceptors (Lipinski definition) is 4. The van der Waals surface area contributed by atoms with Crippen molar-refractivity contribution in [3.05, 3.63) is 24.0 Å². The summed E-state index contributed by atoms with van der Waals surface area (Å²) in [6.45, 7) is 10.8. The van der Waals surface area contributed by atoms with Crippen LogP contribution < -0.4 is 10.4 Å². The molecule has 0 aromatic heterocycles. The predicted octanol–water partition coefficient (Wildman–Crippen LogP) is 1.96. The van der Waals surface area contributed by atoms with Crippen LogP contribution in [0.25, 0.3) is 0 Å².